The summed E-state index contributed by atoms with van der Waals surface area (Å²) >= 11 is 0. The van der Waals surface area contributed by atoms with Crippen LogP contribution in [0.1, 0.15) is 18.2 Å². The SMILES string of the molecule is CCN(CCc1ccncc1)C(=O)Cc1cn2cc(F)ccc2n1. The van der Waals surface area contributed by atoms with Crippen molar-refractivity contribution in [3.63, 3.8) is 0 Å². The molecule has 1 amide bonds. The van der Waals surface area contributed by atoms with E-state index in [4.69, 9.17) is 0 Å². The summed E-state index contributed by atoms with van der Waals surface area (Å²) in [5, 5.41) is 0. The molecule has 0 atom stereocenters. The van der Waals surface area contributed by atoms with Crippen LogP contribution in [-0.4, -0.2) is 38.3 Å². The topological polar surface area (TPSA) is 50.5 Å². The van der Waals surface area contributed by atoms with Crippen molar-refractivity contribution in [2.45, 2.75) is 19.8 Å². The number of carbonyl (C=O) groups is 1. The van der Waals surface area contributed by atoms with Gasteiger partial charge in [-0.25, -0.2) is 9.37 Å². The minimum absolute atomic E-state index is 0.0236. The number of rotatable bonds is 6. The van der Waals surface area contributed by atoms with Crippen LogP contribution in [0.25, 0.3) is 5.65 Å². The first-order valence-electron chi connectivity index (χ1n) is 7.95. The summed E-state index contributed by atoms with van der Waals surface area (Å²) in [6.45, 7) is 3.26. The van der Waals surface area contributed by atoms with Crippen molar-refractivity contribution in [3.05, 3.63) is 66.1 Å². The standard InChI is InChI=1S/C18H19FN4O/c1-2-22(10-7-14-5-8-20-9-6-14)18(24)11-16-13-23-12-15(19)3-4-17(23)21-16/h3-6,8-9,12-13H,2,7,10-11H2,1H3. The first-order chi connectivity index (χ1) is 11.7. The van der Waals surface area contributed by atoms with Crippen LogP contribution in [0.15, 0.2) is 49.1 Å². The summed E-state index contributed by atoms with van der Waals surface area (Å²) in [4.78, 5) is 22.7. The lowest BCUT2D eigenvalue weighted by atomic mass is 10.2. The average Bonchev–Trinajstić information content (AvgIpc) is 2.97. The maximum Gasteiger partial charge on any atom is 0.228 e. The molecule has 0 fully saturated rings. The summed E-state index contributed by atoms with van der Waals surface area (Å²) < 4.78 is 14.8. The summed E-state index contributed by atoms with van der Waals surface area (Å²) in [7, 11) is 0. The Kier molecular flexibility index (Phi) is 4.84. The van der Waals surface area contributed by atoms with Gasteiger partial charge in [-0.15, -0.1) is 0 Å². The smallest absolute Gasteiger partial charge is 0.228 e. The Labute approximate surface area is 139 Å². The monoisotopic (exact) mass is 326 g/mol. The van der Waals surface area contributed by atoms with Gasteiger partial charge in [-0.2, -0.15) is 0 Å². The van der Waals surface area contributed by atoms with Crippen LogP contribution in [-0.2, 0) is 17.6 Å². The summed E-state index contributed by atoms with van der Waals surface area (Å²) in [6, 6.07) is 6.87. The van der Waals surface area contributed by atoms with E-state index in [0.29, 0.717) is 24.4 Å². The number of likely N-dealkylation sites (N-methyl/N-ethyl adjacent to an activating group) is 1. The zero-order valence-corrected chi connectivity index (χ0v) is 13.5. The van der Waals surface area contributed by atoms with Gasteiger partial charge in [0.15, 0.2) is 0 Å². The Bertz CT molecular complexity index is 831. The Morgan fingerprint density at radius 2 is 2.00 bits per heavy atom. The second kappa shape index (κ2) is 7.21. The molecular formula is C18H19FN4O. The number of pyridine rings is 2. The minimum atomic E-state index is -0.328. The van der Waals surface area contributed by atoms with E-state index in [0.717, 1.165) is 12.0 Å². The van der Waals surface area contributed by atoms with Crippen molar-refractivity contribution >= 4 is 11.6 Å². The first-order valence-corrected chi connectivity index (χ1v) is 7.95. The van der Waals surface area contributed by atoms with Crippen LogP contribution >= 0.6 is 0 Å². The molecule has 0 bridgehead atoms. The van der Waals surface area contributed by atoms with Gasteiger partial charge in [-0.1, -0.05) is 0 Å². The lowest BCUT2D eigenvalue weighted by Crippen LogP contribution is -2.34. The van der Waals surface area contributed by atoms with Crippen molar-refractivity contribution in [2.75, 3.05) is 13.1 Å². The third-order valence-electron chi connectivity index (χ3n) is 3.95. The second-order valence-electron chi connectivity index (χ2n) is 5.60. The van der Waals surface area contributed by atoms with Crippen LogP contribution in [0.2, 0.25) is 0 Å². The first kappa shape index (κ1) is 16.1. The largest absolute Gasteiger partial charge is 0.342 e. The minimum Gasteiger partial charge on any atom is -0.342 e. The normalized spacial score (nSPS) is 10.9. The maximum absolute atomic E-state index is 13.2. The molecule has 0 spiro atoms. The molecule has 3 heterocycles. The van der Waals surface area contributed by atoms with Gasteiger partial charge >= 0.3 is 0 Å². The molecule has 0 radical (unpaired) electrons. The molecule has 24 heavy (non-hydrogen) atoms. The number of imidazole rings is 1. The number of aromatic nitrogens is 3. The van der Waals surface area contributed by atoms with Crippen LogP contribution < -0.4 is 0 Å². The highest BCUT2D eigenvalue weighted by Crippen LogP contribution is 2.09. The molecule has 3 aromatic rings. The number of halogens is 1. The molecule has 0 saturated heterocycles. The fourth-order valence-corrected chi connectivity index (χ4v) is 2.64. The van der Waals surface area contributed by atoms with Gasteiger partial charge in [0.2, 0.25) is 5.91 Å². The van der Waals surface area contributed by atoms with Crippen LogP contribution in [0.5, 0.6) is 0 Å². The molecule has 0 N–H and O–H groups in total. The van der Waals surface area contributed by atoms with E-state index < -0.39 is 0 Å². The van der Waals surface area contributed by atoms with E-state index in [1.165, 1.54) is 12.3 Å². The predicted octanol–water partition coefficient (Wildman–Crippen LogP) is 2.50. The van der Waals surface area contributed by atoms with E-state index >= 15 is 0 Å². The molecular weight excluding hydrogens is 307 g/mol. The van der Waals surface area contributed by atoms with Gasteiger partial charge in [0, 0.05) is 37.9 Å². The van der Waals surface area contributed by atoms with Crippen molar-refractivity contribution in [1.29, 1.82) is 0 Å². The quantitative estimate of drug-likeness (QED) is 0.699. The lowest BCUT2D eigenvalue weighted by Gasteiger charge is -2.20. The Morgan fingerprint density at radius 1 is 1.21 bits per heavy atom. The Morgan fingerprint density at radius 3 is 2.75 bits per heavy atom. The van der Waals surface area contributed by atoms with Crippen molar-refractivity contribution in [2.24, 2.45) is 0 Å². The molecule has 3 rings (SSSR count). The fraction of sp³-hybridized carbons (Fsp3) is 0.278. The molecule has 0 aromatic carbocycles. The molecule has 0 unspecified atom stereocenters. The van der Waals surface area contributed by atoms with Crippen LogP contribution in [0, 0.1) is 5.82 Å². The zero-order valence-electron chi connectivity index (χ0n) is 13.5. The molecule has 6 heteroatoms. The highest BCUT2D eigenvalue weighted by atomic mass is 19.1. The summed E-state index contributed by atoms with van der Waals surface area (Å²) in [6.07, 6.45) is 7.57. The number of fused-ring (bicyclic) bond motifs is 1. The van der Waals surface area contributed by atoms with E-state index in [-0.39, 0.29) is 18.1 Å². The summed E-state index contributed by atoms with van der Waals surface area (Å²) in [5.74, 6) is -0.305. The number of amides is 1. The second-order valence-corrected chi connectivity index (χ2v) is 5.60. The van der Waals surface area contributed by atoms with E-state index in [1.807, 2.05) is 24.0 Å². The molecule has 0 aliphatic rings. The highest BCUT2D eigenvalue weighted by molar-refractivity contribution is 5.78. The average molecular weight is 326 g/mol. The molecule has 0 aliphatic carbocycles. The van der Waals surface area contributed by atoms with Gasteiger partial charge in [0.05, 0.1) is 12.1 Å². The van der Waals surface area contributed by atoms with Crippen LogP contribution in [0.4, 0.5) is 4.39 Å². The van der Waals surface area contributed by atoms with Gasteiger partial charge in [-0.05, 0) is 43.2 Å². The molecule has 0 saturated carbocycles. The zero-order chi connectivity index (χ0) is 16.9. The summed E-state index contributed by atoms with van der Waals surface area (Å²) in [5.41, 5.74) is 2.44. The van der Waals surface area contributed by atoms with E-state index in [9.17, 15) is 9.18 Å². The molecule has 124 valence electrons. The molecule has 3 aromatic heterocycles. The maximum atomic E-state index is 13.2. The van der Waals surface area contributed by atoms with Crippen molar-refractivity contribution in [3.8, 4) is 0 Å². The molecule has 5 nitrogen and oxygen atoms in total. The number of carbonyl (C=O) groups excluding carboxylic acids is 1. The third-order valence-corrected chi connectivity index (χ3v) is 3.95. The third kappa shape index (κ3) is 3.76. The van der Waals surface area contributed by atoms with Gasteiger partial charge < -0.3 is 9.30 Å². The Hall–Kier alpha value is -2.76. The highest BCUT2D eigenvalue weighted by Gasteiger charge is 2.14. The van der Waals surface area contributed by atoms with Crippen molar-refractivity contribution < 1.29 is 9.18 Å². The number of nitrogens with zero attached hydrogens (tertiary/aromatic N) is 4. The number of hydrogen-bond donors (Lipinski definition) is 0. The van der Waals surface area contributed by atoms with Gasteiger partial charge in [-0.3, -0.25) is 9.78 Å². The van der Waals surface area contributed by atoms with Crippen LogP contribution in [0.3, 0.4) is 0 Å². The fourth-order valence-electron chi connectivity index (χ4n) is 2.64. The lowest BCUT2D eigenvalue weighted by molar-refractivity contribution is -0.130. The van der Waals surface area contributed by atoms with Gasteiger partial charge in [0.1, 0.15) is 11.5 Å². The van der Waals surface area contributed by atoms with Gasteiger partial charge in [0.25, 0.3) is 0 Å². The predicted molar refractivity (Wildman–Crippen MR) is 89.0 cm³/mol. The Balaban J connectivity index is 1.64. The molecule has 0 aliphatic heterocycles. The van der Waals surface area contributed by atoms with Crippen molar-refractivity contribution in [1.82, 2.24) is 19.3 Å². The van der Waals surface area contributed by atoms with E-state index in [2.05, 4.69) is 9.97 Å². The number of hydrogen-bond acceptors (Lipinski definition) is 3. The van der Waals surface area contributed by atoms with E-state index in [1.54, 1.807) is 29.1 Å².